The summed E-state index contributed by atoms with van der Waals surface area (Å²) < 4.78 is 5.33. The van der Waals surface area contributed by atoms with Gasteiger partial charge in [-0.05, 0) is 25.2 Å². The van der Waals surface area contributed by atoms with Crippen molar-refractivity contribution in [3.05, 3.63) is 0 Å². The molecule has 0 aromatic rings. The van der Waals surface area contributed by atoms with Crippen molar-refractivity contribution in [3.8, 4) is 0 Å². The first kappa shape index (κ1) is 18.4. The van der Waals surface area contributed by atoms with E-state index in [1.54, 1.807) is 0 Å². The van der Waals surface area contributed by atoms with Gasteiger partial charge in [0.25, 0.3) is 0 Å². The van der Waals surface area contributed by atoms with Crippen molar-refractivity contribution in [3.63, 3.8) is 0 Å². The van der Waals surface area contributed by atoms with E-state index in [9.17, 15) is 5.11 Å². The van der Waals surface area contributed by atoms with Gasteiger partial charge in [0.05, 0.1) is 6.61 Å². The lowest BCUT2D eigenvalue weighted by atomic mass is 10.1. The van der Waals surface area contributed by atoms with Gasteiger partial charge in [-0.2, -0.15) is 0 Å². The van der Waals surface area contributed by atoms with E-state index in [0.29, 0.717) is 12.5 Å². The Bertz CT molecular complexity index is 163. The number of alkyl halides is 1. The fourth-order valence-corrected chi connectivity index (χ4v) is 2.26. The summed E-state index contributed by atoms with van der Waals surface area (Å²) in [5, 5.41) is 10.7. The maximum Gasteiger partial charge on any atom is 0.154 e. The van der Waals surface area contributed by atoms with E-state index in [-0.39, 0.29) is 0 Å². The molecule has 1 N–H and O–H groups in total. The van der Waals surface area contributed by atoms with Crippen molar-refractivity contribution < 1.29 is 9.84 Å². The van der Waals surface area contributed by atoms with Crippen LogP contribution < -0.4 is 0 Å². The Morgan fingerprint density at radius 1 is 0.889 bits per heavy atom. The summed E-state index contributed by atoms with van der Waals surface area (Å²) in [5.41, 5.74) is 0. The minimum atomic E-state index is -0.550. The summed E-state index contributed by atoms with van der Waals surface area (Å²) >= 11 is 3.45. The number of aliphatic hydroxyl groups is 1. The molecule has 110 valence electrons. The van der Waals surface area contributed by atoms with Crippen molar-refractivity contribution in [2.75, 3.05) is 11.9 Å². The topological polar surface area (TPSA) is 29.5 Å². The third kappa shape index (κ3) is 14.5. The van der Waals surface area contributed by atoms with Gasteiger partial charge < -0.3 is 9.84 Å². The molecule has 0 unspecified atom stereocenters. The molecule has 0 saturated carbocycles. The third-order valence-corrected chi connectivity index (χ3v) is 3.52. The Labute approximate surface area is 122 Å². The van der Waals surface area contributed by atoms with Gasteiger partial charge in [0.2, 0.25) is 0 Å². The Morgan fingerprint density at radius 2 is 1.39 bits per heavy atom. The molecule has 0 amide bonds. The van der Waals surface area contributed by atoms with Gasteiger partial charge in [-0.15, -0.1) is 0 Å². The largest absolute Gasteiger partial charge is 0.368 e. The maximum atomic E-state index is 9.57. The van der Waals surface area contributed by atoms with Crippen LogP contribution in [0.5, 0.6) is 0 Å². The zero-order valence-corrected chi connectivity index (χ0v) is 13.8. The zero-order valence-electron chi connectivity index (χ0n) is 12.2. The highest BCUT2D eigenvalue weighted by molar-refractivity contribution is 9.09. The SMILES string of the molecule is CC(C)CO[C@H](O)CCCCCCCCCCBr. The van der Waals surface area contributed by atoms with Gasteiger partial charge in [0.1, 0.15) is 0 Å². The lowest BCUT2D eigenvalue weighted by Crippen LogP contribution is -2.15. The average molecular weight is 323 g/mol. The molecule has 0 rings (SSSR count). The minimum absolute atomic E-state index is 0.499. The van der Waals surface area contributed by atoms with Crippen LogP contribution in [0.15, 0.2) is 0 Å². The molecule has 0 bridgehead atoms. The second-order valence-corrected chi connectivity index (χ2v) is 6.28. The van der Waals surface area contributed by atoms with E-state index >= 15 is 0 Å². The highest BCUT2D eigenvalue weighted by Gasteiger charge is 2.04. The first-order valence-electron chi connectivity index (χ1n) is 7.52. The molecule has 0 heterocycles. The molecule has 0 aromatic heterocycles. The number of aliphatic hydroxyl groups excluding tert-OH is 1. The minimum Gasteiger partial charge on any atom is -0.368 e. The summed E-state index contributed by atoms with van der Waals surface area (Å²) in [6.45, 7) is 4.86. The van der Waals surface area contributed by atoms with E-state index in [1.165, 1.54) is 44.9 Å². The quantitative estimate of drug-likeness (QED) is 0.297. The summed E-state index contributed by atoms with van der Waals surface area (Å²) in [6, 6.07) is 0. The molecule has 0 aliphatic carbocycles. The van der Waals surface area contributed by atoms with Gasteiger partial charge in [-0.3, -0.25) is 0 Å². The molecule has 0 saturated heterocycles. The summed E-state index contributed by atoms with van der Waals surface area (Å²) in [7, 11) is 0. The molecule has 0 spiro atoms. The number of unbranched alkanes of at least 4 members (excludes halogenated alkanes) is 7. The van der Waals surface area contributed by atoms with Crippen molar-refractivity contribution in [1.29, 1.82) is 0 Å². The van der Waals surface area contributed by atoms with Gasteiger partial charge in [-0.25, -0.2) is 0 Å². The first-order chi connectivity index (χ1) is 8.66. The third-order valence-electron chi connectivity index (χ3n) is 2.96. The van der Waals surface area contributed by atoms with Crippen LogP contribution in [0.3, 0.4) is 0 Å². The Morgan fingerprint density at radius 3 is 1.89 bits per heavy atom. The second-order valence-electron chi connectivity index (χ2n) is 5.49. The zero-order chi connectivity index (χ0) is 13.6. The standard InChI is InChI=1S/C15H31BrO2/c1-14(2)13-18-15(17)11-9-7-5-3-4-6-8-10-12-16/h14-15,17H,3-13H2,1-2H3/t15-/m0/s1. The van der Waals surface area contributed by atoms with Gasteiger partial charge in [0.15, 0.2) is 6.29 Å². The lowest BCUT2D eigenvalue weighted by molar-refractivity contribution is -0.111. The van der Waals surface area contributed by atoms with Crippen molar-refractivity contribution >= 4 is 15.9 Å². The van der Waals surface area contributed by atoms with Crippen LogP contribution in [0.4, 0.5) is 0 Å². The molecule has 18 heavy (non-hydrogen) atoms. The second kappa shape index (κ2) is 13.8. The van der Waals surface area contributed by atoms with Crippen LogP contribution >= 0.6 is 15.9 Å². The number of hydrogen-bond donors (Lipinski definition) is 1. The van der Waals surface area contributed by atoms with Gasteiger partial charge >= 0.3 is 0 Å². The number of ether oxygens (including phenoxy) is 1. The Kier molecular flexibility index (Phi) is 14.1. The molecule has 0 aliphatic heterocycles. The molecule has 0 fully saturated rings. The predicted molar refractivity (Wildman–Crippen MR) is 82.1 cm³/mol. The van der Waals surface area contributed by atoms with Gasteiger partial charge in [0, 0.05) is 5.33 Å². The summed E-state index contributed by atoms with van der Waals surface area (Å²) in [5.74, 6) is 0.499. The maximum absolute atomic E-state index is 9.57. The molecule has 0 radical (unpaired) electrons. The fraction of sp³-hybridized carbons (Fsp3) is 1.00. The Hall–Kier alpha value is 0.400. The highest BCUT2D eigenvalue weighted by Crippen LogP contribution is 2.11. The number of halogens is 1. The molecule has 2 nitrogen and oxygen atoms in total. The Balaban J connectivity index is 3.10. The van der Waals surface area contributed by atoms with E-state index in [0.717, 1.165) is 18.2 Å². The number of hydrogen-bond acceptors (Lipinski definition) is 2. The monoisotopic (exact) mass is 322 g/mol. The van der Waals surface area contributed by atoms with Crippen molar-refractivity contribution in [2.45, 2.75) is 77.9 Å². The van der Waals surface area contributed by atoms with Crippen LogP contribution in [-0.2, 0) is 4.74 Å². The molecule has 3 heteroatoms. The van der Waals surface area contributed by atoms with Crippen molar-refractivity contribution in [2.24, 2.45) is 5.92 Å². The van der Waals surface area contributed by atoms with Crippen LogP contribution in [0.2, 0.25) is 0 Å². The van der Waals surface area contributed by atoms with E-state index in [1.807, 2.05) is 0 Å². The molecular formula is C15H31BrO2. The van der Waals surface area contributed by atoms with E-state index < -0.39 is 6.29 Å². The highest BCUT2D eigenvalue weighted by atomic mass is 79.9. The first-order valence-corrected chi connectivity index (χ1v) is 8.64. The molecular weight excluding hydrogens is 292 g/mol. The van der Waals surface area contributed by atoms with E-state index in [4.69, 9.17) is 4.74 Å². The predicted octanol–water partition coefficient (Wildman–Crippen LogP) is 4.88. The van der Waals surface area contributed by atoms with E-state index in [2.05, 4.69) is 29.8 Å². The summed E-state index contributed by atoms with van der Waals surface area (Å²) in [6.07, 6.45) is 10.6. The van der Waals surface area contributed by atoms with Crippen LogP contribution in [0.1, 0.15) is 71.6 Å². The van der Waals surface area contributed by atoms with Crippen molar-refractivity contribution in [1.82, 2.24) is 0 Å². The summed E-state index contributed by atoms with van der Waals surface area (Å²) in [4.78, 5) is 0. The molecule has 1 atom stereocenters. The lowest BCUT2D eigenvalue weighted by Gasteiger charge is -2.13. The van der Waals surface area contributed by atoms with Crippen LogP contribution in [0.25, 0.3) is 0 Å². The molecule has 0 aliphatic rings. The van der Waals surface area contributed by atoms with Gasteiger partial charge in [-0.1, -0.05) is 68.3 Å². The number of rotatable bonds is 13. The molecule has 0 aromatic carbocycles. The normalized spacial score (nSPS) is 13.2. The van der Waals surface area contributed by atoms with Crippen LogP contribution in [-0.4, -0.2) is 23.3 Å². The van der Waals surface area contributed by atoms with Crippen LogP contribution in [0, 0.1) is 5.92 Å². The average Bonchev–Trinajstić information content (AvgIpc) is 2.34. The fourth-order valence-electron chi connectivity index (χ4n) is 1.86. The smallest absolute Gasteiger partial charge is 0.154 e.